The molecule has 2 rings (SSSR count). The van der Waals surface area contributed by atoms with Gasteiger partial charge in [-0.2, -0.15) is 5.10 Å². The van der Waals surface area contributed by atoms with E-state index in [9.17, 15) is 0 Å². The van der Waals surface area contributed by atoms with Gasteiger partial charge in [-0.25, -0.2) is 9.97 Å². The second kappa shape index (κ2) is 4.74. The lowest BCUT2D eigenvalue weighted by Gasteiger charge is -2.04. The van der Waals surface area contributed by atoms with E-state index in [4.69, 9.17) is 0 Å². The fraction of sp³-hybridized carbons (Fsp3) is 0.364. The molecule has 2 aromatic heterocycles. The van der Waals surface area contributed by atoms with Crippen LogP contribution >= 0.6 is 0 Å². The molecule has 0 aliphatic heterocycles. The molecule has 0 aliphatic carbocycles. The molecule has 5 heteroatoms. The summed E-state index contributed by atoms with van der Waals surface area (Å²) in [5.74, 6) is 1.01. The Labute approximate surface area is 94.5 Å². The van der Waals surface area contributed by atoms with Crippen molar-refractivity contribution in [2.24, 2.45) is 7.05 Å². The minimum absolute atomic E-state index is 0.712. The van der Waals surface area contributed by atoms with Crippen LogP contribution in [0, 0.1) is 0 Å². The number of anilines is 1. The first-order valence-electron chi connectivity index (χ1n) is 5.30. The average molecular weight is 217 g/mol. The highest BCUT2D eigenvalue weighted by Gasteiger charge is 2.02. The summed E-state index contributed by atoms with van der Waals surface area (Å²) in [7, 11) is 1.93. The first-order valence-corrected chi connectivity index (χ1v) is 5.30. The largest absolute Gasteiger partial charge is 0.366 e. The van der Waals surface area contributed by atoms with Gasteiger partial charge in [-0.05, 0) is 6.42 Å². The van der Waals surface area contributed by atoms with Crippen LogP contribution < -0.4 is 5.32 Å². The molecule has 0 aromatic carbocycles. The Morgan fingerprint density at radius 3 is 2.69 bits per heavy atom. The fourth-order valence-electron chi connectivity index (χ4n) is 1.48. The van der Waals surface area contributed by atoms with Gasteiger partial charge in [0.25, 0.3) is 0 Å². The molecule has 0 bridgehead atoms. The van der Waals surface area contributed by atoms with Crippen LogP contribution in [0.15, 0.2) is 24.8 Å². The lowest BCUT2D eigenvalue weighted by molar-refractivity contribution is 0.747. The van der Waals surface area contributed by atoms with Crippen molar-refractivity contribution in [3.8, 4) is 0 Å². The van der Waals surface area contributed by atoms with Crippen LogP contribution in [0.4, 0.5) is 5.82 Å². The van der Waals surface area contributed by atoms with Gasteiger partial charge in [-0.15, -0.1) is 0 Å². The molecule has 0 fully saturated rings. The zero-order chi connectivity index (χ0) is 11.4. The van der Waals surface area contributed by atoms with E-state index in [1.165, 1.54) is 6.33 Å². The second-order valence-electron chi connectivity index (χ2n) is 3.60. The summed E-state index contributed by atoms with van der Waals surface area (Å²) in [6, 6.07) is 2.06. The van der Waals surface area contributed by atoms with Crippen LogP contribution in [-0.2, 0) is 20.0 Å². The maximum absolute atomic E-state index is 4.36. The molecule has 84 valence electrons. The third-order valence-corrected chi connectivity index (χ3v) is 2.38. The highest BCUT2D eigenvalue weighted by atomic mass is 15.3. The van der Waals surface area contributed by atoms with Gasteiger partial charge in [0, 0.05) is 37.6 Å². The number of hydrogen-bond donors (Lipinski definition) is 1. The molecular formula is C11H15N5. The predicted molar refractivity (Wildman–Crippen MR) is 61.9 cm³/mol. The monoisotopic (exact) mass is 217 g/mol. The first-order chi connectivity index (χ1) is 7.79. The van der Waals surface area contributed by atoms with Crippen molar-refractivity contribution in [2.45, 2.75) is 19.9 Å². The Kier molecular flexibility index (Phi) is 3.14. The Balaban J connectivity index is 2.02. The molecule has 2 heterocycles. The Morgan fingerprint density at radius 1 is 1.31 bits per heavy atom. The van der Waals surface area contributed by atoms with E-state index in [1.807, 2.05) is 11.7 Å². The molecule has 0 aliphatic rings. The molecule has 0 radical (unpaired) electrons. The molecule has 0 saturated heterocycles. The molecule has 0 spiro atoms. The maximum Gasteiger partial charge on any atom is 0.124 e. The zero-order valence-electron chi connectivity index (χ0n) is 9.51. The van der Waals surface area contributed by atoms with E-state index < -0.39 is 0 Å². The molecule has 0 unspecified atom stereocenters. The van der Waals surface area contributed by atoms with Crippen LogP contribution in [0.3, 0.4) is 0 Å². The number of hydrogen-bond acceptors (Lipinski definition) is 4. The summed E-state index contributed by atoms with van der Waals surface area (Å²) in [6.07, 6.45) is 6.08. The van der Waals surface area contributed by atoms with E-state index in [-0.39, 0.29) is 0 Å². The molecule has 2 aromatic rings. The van der Waals surface area contributed by atoms with Gasteiger partial charge < -0.3 is 5.32 Å². The van der Waals surface area contributed by atoms with E-state index >= 15 is 0 Å². The summed E-state index contributed by atoms with van der Waals surface area (Å²) in [4.78, 5) is 7.93. The molecule has 0 amide bonds. The minimum atomic E-state index is 0.712. The fourth-order valence-corrected chi connectivity index (χ4v) is 1.48. The van der Waals surface area contributed by atoms with Crippen molar-refractivity contribution in [1.29, 1.82) is 0 Å². The molecule has 0 saturated carbocycles. The number of nitrogens with one attached hydrogen (secondary N) is 1. The lowest BCUT2D eigenvalue weighted by atomic mass is 10.3. The lowest BCUT2D eigenvalue weighted by Crippen LogP contribution is -2.04. The number of aryl methyl sites for hydroxylation is 2. The summed E-state index contributed by atoms with van der Waals surface area (Å²) in [6.45, 7) is 2.81. The van der Waals surface area contributed by atoms with Crippen molar-refractivity contribution in [3.63, 3.8) is 0 Å². The topological polar surface area (TPSA) is 55.6 Å². The SMILES string of the molecule is CCc1cc(NCc2cncnc2)n(C)n1. The Bertz CT molecular complexity index is 449. The second-order valence-corrected chi connectivity index (χ2v) is 3.60. The zero-order valence-corrected chi connectivity index (χ0v) is 9.51. The van der Waals surface area contributed by atoms with Gasteiger partial charge in [-0.1, -0.05) is 6.92 Å². The number of aromatic nitrogens is 4. The van der Waals surface area contributed by atoms with E-state index in [0.717, 1.165) is 23.5 Å². The molecule has 1 N–H and O–H groups in total. The third-order valence-electron chi connectivity index (χ3n) is 2.38. The molecule has 16 heavy (non-hydrogen) atoms. The first kappa shape index (κ1) is 10.6. The molecule has 5 nitrogen and oxygen atoms in total. The minimum Gasteiger partial charge on any atom is -0.366 e. The van der Waals surface area contributed by atoms with Crippen LogP contribution in [0.25, 0.3) is 0 Å². The van der Waals surface area contributed by atoms with Gasteiger partial charge >= 0.3 is 0 Å². The van der Waals surface area contributed by atoms with Crippen molar-refractivity contribution in [1.82, 2.24) is 19.7 Å². The summed E-state index contributed by atoms with van der Waals surface area (Å²) in [5.41, 5.74) is 2.15. The highest BCUT2D eigenvalue weighted by molar-refractivity contribution is 5.37. The summed E-state index contributed by atoms with van der Waals surface area (Å²) >= 11 is 0. The molecular weight excluding hydrogens is 202 g/mol. The highest BCUT2D eigenvalue weighted by Crippen LogP contribution is 2.10. The third kappa shape index (κ3) is 2.36. The number of nitrogens with zero attached hydrogens (tertiary/aromatic N) is 4. The normalized spacial score (nSPS) is 10.4. The van der Waals surface area contributed by atoms with Crippen LogP contribution in [0.2, 0.25) is 0 Å². The molecule has 0 atom stereocenters. The maximum atomic E-state index is 4.36. The standard InChI is InChI=1S/C11H15N5/c1-3-10-4-11(16(2)15-10)14-7-9-5-12-8-13-6-9/h4-6,8,14H,3,7H2,1-2H3. The Hall–Kier alpha value is -1.91. The van der Waals surface area contributed by atoms with Gasteiger partial charge in [0.15, 0.2) is 0 Å². The van der Waals surface area contributed by atoms with Gasteiger partial charge in [-0.3, -0.25) is 4.68 Å². The van der Waals surface area contributed by atoms with Gasteiger partial charge in [0.1, 0.15) is 12.1 Å². The van der Waals surface area contributed by atoms with Gasteiger partial charge in [0.2, 0.25) is 0 Å². The van der Waals surface area contributed by atoms with Crippen molar-refractivity contribution in [3.05, 3.63) is 36.0 Å². The van der Waals surface area contributed by atoms with Gasteiger partial charge in [0.05, 0.1) is 5.69 Å². The van der Waals surface area contributed by atoms with Crippen molar-refractivity contribution >= 4 is 5.82 Å². The quantitative estimate of drug-likeness (QED) is 0.840. The van der Waals surface area contributed by atoms with Crippen molar-refractivity contribution < 1.29 is 0 Å². The van der Waals surface area contributed by atoms with E-state index in [1.54, 1.807) is 12.4 Å². The predicted octanol–water partition coefficient (Wildman–Crippen LogP) is 1.38. The van der Waals surface area contributed by atoms with Crippen LogP contribution in [0.1, 0.15) is 18.2 Å². The average Bonchev–Trinajstić information content (AvgIpc) is 2.69. The summed E-state index contributed by atoms with van der Waals surface area (Å²) < 4.78 is 1.85. The summed E-state index contributed by atoms with van der Waals surface area (Å²) in [5, 5.41) is 7.67. The number of rotatable bonds is 4. The van der Waals surface area contributed by atoms with Crippen LogP contribution in [0.5, 0.6) is 0 Å². The van der Waals surface area contributed by atoms with E-state index in [0.29, 0.717) is 6.54 Å². The smallest absolute Gasteiger partial charge is 0.124 e. The Morgan fingerprint density at radius 2 is 2.06 bits per heavy atom. The van der Waals surface area contributed by atoms with Crippen molar-refractivity contribution in [2.75, 3.05) is 5.32 Å². The van der Waals surface area contributed by atoms with E-state index in [2.05, 4.69) is 33.4 Å². The van der Waals surface area contributed by atoms with Crippen LogP contribution in [-0.4, -0.2) is 19.7 Å².